The maximum absolute atomic E-state index is 12.5. The molecule has 0 spiro atoms. The maximum Gasteiger partial charge on any atom is 0.326 e. The van der Waals surface area contributed by atoms with Gasteiger partial charge in [-0.15, -0.1) is 0 Å². The van der Waals surface area contributed by atoms with E-state index < -0.39 is 12.0 Å². The fourth-order valence-corrected chi connectivity index (χ4v) is 2.95. The molecule has 1 rings (SSSR count). The van der Waals surface area contributed by atoms with E-state index in [9.17, 15) is 19.5 Å². The van der Waals surface area contributed by atoms with Crippen LogP contribution in [0.5, 0.6) is 0 Å². The van der Waals surface area contributed by atoms with Gasteiger partial charge < -0.3 is 15.3 Å². The van der Waals surface area contributed by atoms with Crippen molar-refractivity contribution in [3.63, 3.8) is 0 Å². The van der Waals surface area contributed by atoms with Gasteiger partial charge in [0, 0.05) is 26.4 Å². The number of hydrogen-bond acceptors (Lipinski definition) is 3. The highest BCUT2D eigenvalue weighted by atomic mass is 16.4. The van der Waals surface area contributed by atoms with Crippen LogP contribution >= 0.6 is 0 Å². The van der Waals surface area contributed by atoms with Gasteiger partial charge in [-0.1, -0.05) is 25.7 Å². The van der Waals surface area contributed by atoms with Gasteiger partial charge in [-0.25, -0.2) is 4.79 Å². The predicted molar refractivity (Wildman–Crippen MR) is 83.3 cm³/mol. The fourth-order valence-electron chi connectivity index (χ4n) is 2.95. The summed E-state index contributed by atoms with van der Waals surface area (Å²) in [6.45, 7) is 3.43. The molecule has 22 heavy (non-hydrogen) atoms. The summed E-state index contributed by atoms with van der Waals surface area (Å²) in [5.74, 6) is -0.956. The number of nitrogens with one attached hydrogen (secondary N) is 1. The molecule has 0 heterocycles. The zero-order valence-corrected chi connectivity index (χ0v) is 13.6. The monoisotopic (exact) mass is 312 g/mol. The summed E-state index contributed by atoms with van der Waals surface area (Å²) < 4.78 is 0. The lowest BCUT2D eigenvalue weighted by Crippen LogP contribution is -2.47. The van der Waals surface area contributed by atoms with Crippen molar-refractivity contribution in [1.29, 1.82) is 0 Å². The molecule has 0 bridgehead atoms. The molecule has 2 amide bonds. The molecule has 126 valence electrons. The van der Waals surface area contributed by atoms with E-state index in [0.29, 0.717) is 12.3 Å². The Kier molecular flexibility index (Phi) is 7.91. The van der Waals surface area contributed by atoms with Crippen LogP contribution < -0.4 is 5.32 Å². The molecular formula is C16H28N2O4. The van der Waals surface area contributed by atoms with Crippen molar-refractivity contribution in [3.05, 3.63) is 0 Å². The van der Waals surface area contributed by atoms with Gasteiger partial charge in [0.25, 0.3) is 0 Å². The highest BCUT2D eigenvalue weighted by Crippen LogP contribution is 2.26. The van der Waals surface area contributed by atoms with E-state index in [0.717, 1.165) is 25.7 Å². The molecule has 1 unspecified atom stereocenters. The molecule has 1 aliphatic carbocycles. The van der Waals surface area contributed by atoms with Crippen LogP contribution in [0, 0.1) is 5.92 Å². The van der Waals surface area contributed by atoms with Crippen LogP contribution in [-0.4, -0.2) is 46.9 Å². The lowest BCUT2D eigenvalue weighted by atomic mass is 9.95. The standard InChI is InChI=1S/C16H28N2O4/c1-12(16(21)22)18(10-9-17-13(2)19)15(20)11-14-7-5-3-4-6-8-14/h12,14H,3-11H2,1-2H3,(H,17,19)(H,21,22). The van der Waals surface area contributed by atoms with E-state index in [1.54, 1.807) is 0 Å². The Balaban J connectivity index is 2.60. The molecule has 1 fully saturated rings. The Labute approximate surface area is 132 Å². The number of amides is 2. The van der Waals surface area contributed by atoms with Gasteiger partial charge in [-0.2, -0.15) is 0 Å². The van der Waals surface area contributed by atoms with Crippen LogP contribution in [-0.2, 0) is 14.4 Å². The molecule has 0 radical (unpaired) electrons. The average molecular weight is 312 g/mol. The van der Waals surface area contributed by atoms with Crippen LogP contribution in [0.2, 0.25) is 0 Å². The Hall–Kier alpha value is -1.59. The van der Waals surface area contributed by atoms with E-state index in [-0.39, 0.29) is 24.9 Å². The van der Waals surface area contributed by atoms with Crippen molar-refractivity contribution < 1.29 is 19.5 Å². The Bertz CT molecular complexity index is 390. The first-order valence-electron chi connectivity index (χ1n) is 8.18. The highest BCUT2D eigenvalue weighted by Gasteiger charge is 2.27. The van der Waals surface area contributed by atoms with E-state index >= 15 is 0 Å². The van der Waals surface area contributed by atoms with Crippen LogP contribution in [0.3, 0.4) is 0 Å². The third-order valence-electron chi connectivity index (χ3n) is 4.31. The topological polar surface area (TPSA) is 86.7 Å². The van der Waals surface area contributed by atoms with Gasteiger partial charge in [-0.3, -0.25) is 9.59 Å². The second-order valence-corrected chi connectivity index (χ2v) is 6.15. The summed E-state index contributed by atoms with van der Waals surface area (Å²) in [6, 6.07) is -0.868. The lowest BCUT2D eigenvalue weighted by Gasteiger charge is -2.28. The molecule has 6 nitrogen and oxygen atoms in total. The summed E-state index contributed by atoms with van der Waals surface area (Å²) in [5, 5.41) is 11.8. The van der Waals surface area contributed by atoms with Crippen molar-refractivity contribution in [2.45, 2.75) is 64.8 Å². The minimum atomic E-state index is -1.02. The largest absolute Gasteiger partial charge is 0.480 e. The van der Waals surface area contributed by atoms with Gasteiger partial charge in [0.15, 0.2) is 0 Å². The van der Waals surface area contributed by atoms with Crippen LogP contribution in [0.15, 0.2) is 0 Å². The summed E-state index contributed by atoms with van der Waals surface area (Å²) in [5.41, 5.74) is 0. The molecule has 2 N–H and O–H groups in total. The van der Waals surface area contributed by atoms with E-state index in [2.05, 4.69) is 5.32 Å². The van der Waals surface area contributed by atoms with E-state index in [4.69, 9.17) is 0 Å². The molecule has 0 aliphatic heterocycles. The third-order valence-corrected chi connectivity index (χ3v) is 4.31. The number of hydrogen-bond donors (Lipinski definition) is 2. The third kappa shape index (κ3) is 6.45. The molecule has 0 aromatic rings. The van der Waals surface area contributed by atoms with Crippen LogP contribution in [0.4, 0.5) is 0 Å². The fraction of sp³-hybridized carbons (Fsp3) is 0.812. The van der Waals surface area contributed by atoms with Crippen molar-refractivity contribution in [1.82, 2.24) is 10.2 Å². The van der Waals surface area contributed by atoms with Crippen molar-refractivity contribution in [2.75, 3.05) is 13.1 Å². The predicted octanol–water partition coefficient (Wildman–Crippen LogP) is 1.78. The molecule has 0 aromatic carbocycles. The number of carboxylic acid groups (broad SMARTS) is 1. The first-order valence-corrected chi connectivity index (χ1v) is 8.18. The first-order chi connectivity index (χ1) is 10.4. The lowest BCUT2D eigenvalue weighted by molar-refractivity contribution is -0.149. The molecule has 6 heteroatoms. The second kappa shape index (κ2) is 9.43. The number of aliphatic carboxylic acids is 1. The maximum atomic E-state index is 12.5. The number of carbonyl (C=O) groups excluding carboxylic acids is 2. The van der Waals surface area contributed by atoms with Crippen LogP contribution in [0.1, 0.15) is 58.8 Å². The highest BCUT2D eigenvalue weighted by molar-refractivity contribution is 5.83. The smallest absolute Gasteiger partial charge is 0.326 e. The quantitative estimate of drug-likeness (QED) is 0.702. The molecular weight excluding hydrogens is 284 g/mol. The van der Waals surface area contributed by atoms with Crippen molar-refractivity contribution in [2.24, 2.45) is 5.92 Å². The molecule has 1 saturated carbocycles. The number of rotatable bonds is 7. The zero-order valence-electron chi connectivity index (χ0n) is 13.6. The van der Waals surface area contributed by atoms with Crippen molar-refractivity contribution in [3.8, 4) is 0 Å². The van der Waals surface area contributed by atoms with Gasteiger partial charge in [-0.05, 0) is 25.7 Å². The van der Waals surface area contributed by atoms with Gasteiger partial charge in [0.2, 0.25) is 11.8 Å². The number of carboxylic acids is 1. The van der Waals surface area contributed by atoms with Gasteiger partial charge in [0.05, 0.1) is 0 Å². The molecule has 0 saturated heterocycles. The van der Waals surface area contributed by atoms with E-state index in [1.807, 2.05) is 0 Å². The molecule has 0 aromatic heterocycles. The molecule has 1 aliphatic rings. The Morgan fingerprint density at radius 1 is 1.18 bits per heavy atom. The van der Waals surface area contributed by atoms with E-state index in [1.165, 1.54) is 31.6 Å². The average Bonchev–Trinajstić information content (AvgIpc) is 2.71. The van der Waals surface area contributed by atoms with Crippen LogP contribution in [0.25, 0.3) is 0 Å². The summed E-state index contributed by atoms with van der Waals surface area (Å²) in [7, 11) is 0. The summed E-state index contributed by atoms with van der Waals surface area (Å²) >= 11 is 0. The summed E-state index contributed by atoms with van der Waals surface area (Å²) in [6.07, 6.45) is 7.26. The Morgan fingerprint density at radius 3 is 2.27 bits per heavy atom. The van der Waals surface area contributed by atoms with Gasteiger partial charge in [0.1, 0.15) is 6.04 Å². The SMILES string of the molecule is CC(=O)NCCN(C(=O)CC1CCCCCC1)C(C)C(=O)O. The number of carbonyl (C=O) groups is 3. The summed E-state index contributed by atoms with van der Waals surface area (Å²) in [4.78, 5) is 36.0. The second-order valence-electron chi connectivity index (χ2n) is 6.15. The number of nitrogens with zero attached hydrogens (tertiary/aromatic N) is 1. The Morgan fingerprint density at radius 2 is 1.77 bits per heavy atom. The van der Waals surface area contributed by atoms with Crippen molar-refractivity contribution >= 4 is 17.8 Å². The normalized spacial score (nSPS) is 17.4. The molecule has 1 atom stereocenters. The van der Waals surface area contributed by atoms with Gasteiger partial charge >= 0.3 is 5.97 Å². The zero-order chi connectivity index (χ0) is 16.5. The minimum Gasteiger partial charge on any atom is -0.480 e. The minimum absolute atomic E-state index is 0.118. The first kappa shape index (κ1) is 18.5.